The summed E-state index contributed by atoms with van der Waals surface area (Å²) in [5.41, 5.74) is 0.980. The molecule has 7 heteroatoms. The molecule has 23 heavy (non-hydrogen) atoms. The van der Waals surface area contributed by atoms with Gasteiger partial charge in [-0.2, -0.15) is 0 Å². The SMILES string of the molecule is C[C@@H](OC(=O)CCSc1nc2ccccc2s1)C(=O)NC1CC1. The molecule has 3 rings (SSSR count). The number of para-hydroxylation sites is 1. The van der Waals surface area contributed by atoms with Crippen LogP contribution in [-0.2, 0) is 14.3 Å². The van der Waals surface area contributed by atoms with Crippen molar-refractivity contribution < 1.29 is 14.3 Å². The van der Waals surface area contributed by atoms with E-state index in [1.165, 1.54) is 11.8 Å². The van der Waals surface area contributed by atoms with Gasteiger partial charge in [-0.1, -0.05) is 23.9 Å². The lowest BCUT2D eigenvalue weighted by Gasteiger charge is -2.12. The molecule has 1 N–H and O–H groups in total. The number of thioether (sulfide) groups is 1. The molecular weight excluding hydrogens is 332 g/mol. The van der Waals surface area contributed by atoms with Crippen molar-refractivity contribution in [2.75, 3.05) is 5.75 Å². The Morgan fingerprint density at radius 3 is 2.96 bits per heavy atom. The summed E-state index contributed by atoms with van der Waals surface area (Å²) in [7, 11) is 0. The zero-order chi connectivity index (χ0) is 16.2. The fraction of sp³-hybridized carbons (Fsp3) is 0.438. The van der Waals surface area contributed by atoms with Crippen LogP contribution < -0.4 is 5.32 Å². The standard InChI is InChI=1S/C16H18N2O3S2/c1-10(15(20)17-11-6-7-11)21-14(19)8-9-22-16-18-12-4-2-3-5-13(12)23-16/h2-5,10-11H,6-9H2,1H3,(H,17,20)/t10-/m1/s1. The van der Waals surface area contributed by atoms with Crippen molar-refractivity contribution in [2.45, 2.75) is 42.7 Å². The summed E-state index contributed by atoms with van der Waals surface area (Å²) in [4.78, 5) is 28.0. The number of aromatic nitrogens is 1. The second-order valence-corrected chi connectivity index (χ2v) is 7.83. The van der Waals surface area contributed by atoms with Gasteiger partial charge >= 0.3 is 5.97 Å². The van der Waals surface area contributed by atoms with E-state index in [1.54, 1.807) is 18.3 Å². The molecule has 2 aromatic rings. The van der Waals surface area contributed by atoms with E-state index in [1.807, 2.05) is 24.3 Å². The van der Waals surface area contributed by atoms with E-state index in [-0.39, 0.29) is 24.3 Å². The van der Waals surface area contributed by atoms with Gasteiger partial charge in [0.25, 0.3) is 5.91 Å². The van der Waals surface area contributed by atoms with Crippen LogP contribution in [0.25, 0.3) is 10.2 Å². The predicted octanol–water partition coefficient (Wildman–Crippen LogP) is 2.99. The number of hydrogen-bond donors (Lipinski definition) is 1. The minimum atomic E-state index is -0.726. The third kappa shape index (κ3) is 4.68. The number of hydrogen-bond acceptors (Lipinski definition) is 6. The highest BCUT2D eigenvalue weighted by Crippen LogP contribution is 2.29. The number of carbonyl (C=O) groups excluding carboxylic acids is 2. The van der Waals surface area contributed by atoms with Gasteiger partial charge in [0.2, 0.25) is 0 Å². The number of nitrogens with one attached hydrogen (secondary N) is 1. The molecule has 1 aliphatic rings. The Bertz CT molecular complexity index is 679. The highest BCUT2D eigenvalue weighted by Gasteiger charge is 2.27. The highest BCUT2D eigenvalue weighted by molar-refractivity contribution is 8.01. The van der Waals surface area contributed by atoms with Gasteiger partial charge in [-0.3, -0.25) is 9.59 Å². The van der Waals surface area contributed by atoms with E-state index in [2.05, 4.69) is 10.3 Å². The molecule has 1 aromatic heterocycles. The van der Waals surface area contributed by atoms with Crippen LogP contribution in [-0.4, -0.2) is 34.8 Å². The maximum absolute atomic E-state index is 11.8. The summed E-state index contributed by atoms with van der Waals surface area (Å²) in [6.45, 7) is 1.61. The van der Waals surface area contributed by atoms with Crippen molar-refractivity contribution in [3.63, 3.8) is 0 Å². The van der Waals surface area contributed by atoms with Crippen LogP contribution >= 0.6 is 23.1 Å². The fourth-order valence-corrected chi connectivity index (χ4v) is 4.05. The van der Waals surface area contributed by atoms with Crippen LogP contribution in [0.4, 0.5) is 0 Å². The molecule has 1 atom stereocenters. The maximum Gasteiger partial charge on any atom is 0.307 e. The number of rotatable bonds is 7. The quantitative estimate of drug-likeness (QED) is 0.614. The lowest BCUT2D eigenvalue weighted by atomic mass is 10.3. The van der Waals surface area contributed by atoms with Gasteiger partial charge in [-0.15, -0.1) is 11.3 Å². The van der Waals surface area contributed by atoms with E-state index in [4.69, 9.17) is 4.74 Å². The van der Waals surface area contributed by atoms with Gasteiger partial charge in [-0.25, -0.2) is 4.98 Å². The van der Waals surface area contributed by atoms with Crippen molar-refractivity contribution in [3.05, 3.63) is 24.3 Å². The number of thiazole rings is 1. The van der Waals surface area contributed by atoms with Gasteiger partial charge in [0, 0.05) is 11.8 Å². The third-order valence-corrected chi connectivity index (χ3v) is 5.59. The molecule has 5 nitrogen and oxygen atoms in total. The minimum Gasteiger partial charge on any atom is -0.453 e. The van der Waals surface area contributed by atoms with Crippen molar-refractivity contribution in [2.24, 2.45) is 0 Å². The molecule has 0 radical (unpaired) electrons. The Hall–Kier alpha value is -1.60. The molecule has 1 fully saturated rings. The maximum atomic E-state index is 11.8. The van der Waals surface area contributed by atoms with Gasteiger partial charge in [0.05, 0.1) is 16.6 Å². The van der Waals surface area contributed by atoms with Crippen LogP contribution in [0.3, 0.4) is 0 Å². The van der Waals surface area contributed by atoms with Crippen LogP contribution in [0.5, 0.6) is 0 Å². The van der Waals surface area contributed by atoms with E-state index >= 15 is 0 Å². The monoisotopic (exact) mass is 350 g/mol. The smallest absolute Gasteiger partial charge is 0.307 e. The number of esters is 1. The van der Waals surface area contributed by atoms with Crippen molar-refractivity contribution >= 4 is 45.2 Å². The molecule has 1 heterocycles. The Balaban J connectivity index is 1.40. The summed E-state index contributed by atoms with van der Waals surface area (Å²) < 4.78 is 7.24. The number of ether oxygens (including phenoxy) is 1. The zero-order valence-corrected chi connectivity index (χ0v) is 14.4. The summed E-state index contributed by atoms with van der Waals surface area (Å²) in [6.07, 6.45) is 1.58. The van der Waals surface area contributed by atoms with E-state index < -0.39 is 6.10 Å². The molecule has 1 amide bonds. The van der Waals surface area contributed by atoms with Gasteiger partial charge < -0.3 is 10.1 Å². The van der Waals surface area contributed by atoms with Crippen molar-refractivity contribution in [1.29, 1.82) is 0 Å². The third-order valence-electron chi connectivity index (χ3n) is 3.41. The summed E-state index contributed by atoms with van der Waals surface area (Å²) >= 11 is 3.15. The van der Waals surface area contributed by atoms with Crippen LogP contribution in [0.1, 0.15) is 26.2 Å². The Labute approximate surface area is 142 Å². The molecule has 1 aliphatic carbocycles. The Morgan fingerprint density at radius 1 is 1.43 bits per heavy atom. The van der Waals surface area contributed by atoms with Gasteiger partial charge in [0.15, 0.2) is 10.4 Å². The molecule has 0 aliphatic heterocycles. The molecule has 1 aromatic carbocycles. The van der Waals surface area contributed by atoms with Crippen LogP contribution in [0, 0.1) is 0 Å². The number of fused-ring (bicyclic) bond motifs is 1. The number of carbonyl (C=O) groups is 2. The second kappa shape index (κ2) is 7.31. The number of nitrogens with zero attached hydrogens (tertiary/aromatic N) is 1. The van der Waals surface area contributed by atoms with Crippen LogP contribution in [0.15, 0.2) is 28.6 Å². The van der Waals surface area contributed by atoms with E-state index in [0.29, 0.717) is 5.75 Å². The molecule has 0 unspecified atom stereocenters. The normalized spacial score (nSPS) is 15.3. The van der Waals surface area contributed by atoms with Gasteiger partial charge in [-0.05, 0) is 31.9 Å². The fourth-order valence-electron chi connectivity index (χ4n) is 1.99. The molecule has 122 valence electrons. The van der Waals surface area contributed by atoms with E-state index in [9.17, 15) is 9.59 Å². The predicted molar refractivity (Wildman–Crippen MR) is 91.7 cm³/mol. The molecule has 1 saturated carbocycles. The van der Waals surface area contributed by atoms with Gasteiger partial charge in [0.1, 0.15) is 0 Å². The van der Waals surface area contributed by atoms with Crippen molar-refractivity contribution in [1.82, 2.24) is 10.3 Å². The first kappa shape index (κ1) is 16.3. The second-order valence-electron chi connectivity index (χ2n) is 5.46. The Kier molecular flexibility index (Phi) is 5.17. The first-order chi connectivity index (χ1) is 11.1. The molecule has 0 spiro atoms. The molecule has 0 bridgehead atoms. The lowest BCUT2D eigenvalue weighted by molar-refractivity contribution is -0.154. The largest absolute Gasteiger partial charge is 0.453 e. The zero-order valence-electron chi connectivity index (χ0n) is 12.8. The molecular formula is C16H18N2O3S2. The average Bonchev–Trinajstić information content (AvgIpc) is 3.23. The number of amides is 1. The summed E-state index contributed by atoms with van der Waals surface area (Å²) in [6, 6.07) is 8.23. The Morgan fingerprint density at radius 2 is 2.22 bits per heavy atom. The topological polar surface area (TPSA) is 68.3 Å². The first-order valence-corrected chi connectivity index (χ1v) is 9.40. The average molecular weight is 350 g/mol. The van der Waals surface area contributed by atoms with Crippen LogP contribution in [0.2, 0.25) is 0 Å². The lowest BCUT2D eigenvalue weighted by Crippen LogP contribution is -2.37. The van der Waals surface area contributed by atoms with E-state index in [0.717, 1.165) is 27.4 Å². The molecule has 0 saturated heterocycles. The first-order valence-electron chi connectivity index (χ1n) is 7.60. The number of benzene rings is 1. The summed E-state index contributed by atoms with van der Waals surface area (Å²) in [5.74, 6) is 0.0343. The minimum absolute atomic E-state index is 0.209. The van der Waals surface area contributed by atoms with Crippen molar-refractivity contribution in [3.8, 4) is 0 Å². The summed E-state index contributed by atoms with van der Waals surface area (Å²) in [5, 5.41) is 2.83. The highest BCUT2D eigenvalue weighted by atomic mass is 32.2.